The number of nitrogens with zero attached hydrogens (tertiary/aromatic N) is 2. The fourth-order valence-corrected chi connectivity index (χ4v) is 5.08. The Labute approximate surface area is 217 Å². The Balaban J connectivity index is 1.13. The molecule has 0 atom stereocenters. The molecule has 10 heteroatoms. The summed E-state index contributed by atoms with van der Waals surface area (Å²) in [6, 6.07) is 13.4. The number of rotatable bonds is 9. The Morgan fingerprint density at radius 1 is 0.639 bits per heavy atom. The second-order valence-electron chi connectivity index (χ2n) is 8.10. The summed E-state index contributed by atoms with van der Waals surface area (Å²) in [7, 11) is 0. The SMILES string of the molecule is O=C1NC(=NCCCCCCN=C2NC(=O)/C(=C/c3ccc(O)cc3)S2)S/C1=C\c1ccc(O)cc1. The third-order valence-corrected chi connectivity index (χ3v) is 7.16. The first-order valence-electron chi connectivity index (χ1n) is 11.5. The van der Waals surface area contributed by atoms with Gasteiger partial charge in [-0.3, -0.25) is 19.6 Å². The molecular formula is C26H26N4O4S2. The highest BCUT2D eigenvalue weighted by atomic mass is 32.2. The van der Waals surface area contributed by atoms with Crippen LogP contribution in [0.5, 0.6) is 11.5 Å². The normalized spacial score (nSPS) is 20.0. The summed E-state index contributed by atoms with van der Waals surface area (Å²) in [5.41, 5.74) is 1.69. The van der Waals surface area contributed by atoms with Gasteiger partial charge in [0.1, 0.15) is 11.5 Å². The molecule has 2 heterocycles. The van der Waals surface area contributed by atoms with Crippen molar-refractivity contribution in [1.82, 2.24) is 10.6 Å². The lowest BCUT2D eigenvalue weighted by Gasteiger charge is -1.99. The van der Waals surface area contributed by atoms with Gasteiger partial charge in [-0.25, -0.2) is 0 Å². The number of amides is 2. The third kappa shape index (κ3) is 7.50. The molecule has 4 N–H and O–H groups in total. The molecule has 0 aliphatic carbocycles. The summed E-state index contributed by atoms with van der Waals surface area (Å²) in [6.07, 6.45) is 7.39. The number of carbonyl (C=O) groups excluding carboxylic acids is 2. The number of phenols is 2. The van der Waals surface area contributed by atoms with Crippen molar-refractivity contribution in [3.63, 3.8) is 0 Å². The second-order valence-corrected chi connectivity index (χ2v) is 10.2. The molecule has 2 aliphatic rings. The van der Waals surface area contributed by atoms with Crippen LogP contribution in [0.2, 0.25) is 0 Å². The molecule has 186 valence electrons. The predicted molar refractivity (Wildman–Crippen MR) is 147 cm³/mol. The van der Waals surface area contributed by atoms with Gasteiger partial charge in [0.2, 0.25) is 0 Å². The van der Waals surface area contributed by atoms with E-state index in [0.717, 1.165) is 36.8 Å². The number of phenolic OH excluding ortho intramolecular Hbond substituents is 2. The van der Waals surface area contributed by atoms with Crippen LogP contribution in [-0.2, 0) is 9.59 Å². The maximum atomic E-state index is 12.1. The van der Waals surface area contributed by atoms with E-state index in [9.17, 15) is 19.8 Å². The van der Waals surface area contributed by atoms with Gasteiger partial charge in [-0.1, -0.05) is 37.1 Å². The number of hydrogen-bond donors (Lipinski definition) is 4. The molecule has 2 aromatic rings. The lowest BCUT2D eigenvalue weighted by Crippen LogP contribution is -2.20. The van der Waals surface area contributed by atoms with Crippen LogP contribution in [0.15, 0.2) is 68.3 Å². The highest BCUT2D eigenvalue weighted by Gasteiger charge is 2.24. The first-order valence-corrected chi connectivity index (χ1v) is 13.2. The van der Waals surface area contributed by atoms with Crippen LogP contribution >= 0.6 is 23.5 Å². The van der Waals surface area contributed by atoms with Crippen molar-refractivity contribution < 1.29 is 19.8 Å². The number of carbonyl (C=O) groups is 2. The lowest BCUT2D eigenvalue weighted by molar-refractivity contribution is -0.116. The zero-order valence-corrected chi connectivity index (χ0v) is 21.1. The summed E-state index contributed by atoms with van der Waals surface area (Å²) < 4.78 is 0. The topological polar surface area (TPSA) is 123 Å². The van der Waals surface area contributed by atoms with Crippen LogP contribution in [0.3, 0.4) is 0 Å². The van der Waals surface area contributed by atoms with Gasteiger partial charge in [0, 0.05) is 13.1 Å². The summed E-state index contributed by atoms with van der Waals surface area (Å²) in [4.78, 5) is 34.4. The first kappa shape index (κ1) is 25.6. The fourth-order valence-electron chi connectivity index (χ4n) is 3.39. The third-order valence-electron chi connectivity index (χ3n) is 5.26. The molecular weight excluding hydrogens is 496 g/mol. The number of nitrogens with one attached hydrogen (secondary N) is 2. The van der Waals surface area contributed by atoms with E-state index >= 15 is 0 Å². The van der Waals surface area contributed by atoms with Gasteiger partial charge in [-0.05, 0) is 83.9 Å². The molecule has 2 saturated heterocycles. The first-order chi connectivity index (χ1) is 17.5. The summed E-state index contributed by atoms with van der Waals surface area (Å²) in [5, 5.41) is 25.5. The number of benzene rings is 2. The molecule has 0 unspecified atom stereocenters. The minimum absolute atomic E-state index is 0.163. The van der Waals surface area contributed by atoms with Gasteiger partial charge in [0.25, 0.3) is 11.8 Å². The van der Waals surface area contributed by atoms with Gasteiger partial charge in [0.15, 0.2) is 10.3 Å². The van der Waals surface area contributed by atoms with Gasteiger partial charge < -0.3 is 20.8 Å². The maximum absolute atomic E-state index is 12.1. The largest absolute Gasteiger partial charge is 0.508 e. The molecule has 0 bridgehead atoms. The van der Waals surface area contributed by atoms with Gasteiger partial charge >= 0.3 is 0 Å². The van der Waals surface area contributed by atoms with Gasteiger partial charge in [0.05, 0.1) is 9.81 Å². The Morgan fingerprint density at radius 3 is 1.42 bits per heavy atom. The smallest absolute Gasteiger partial charge is 0.264 e. The molecule has 4 rings (SSSR count). The van der Waals surface area contributed by atoms with Crippen molar-refractivity contribution in [1.29, 1.82) is 0 Å². The van der Waals surface area contributed by atoms with Crippen molar-refractivity contribution in [3.05, 3.63) is 69.5 Å². The molecule has 36 heavy (non-hydrogen) atoms. The summed E-state index contributed by atoms with van der Waals surface area (Å²) in [5.74, 6) is 0.0494. The van der Waals surface area contributed by atoms with Crippen LogP contribution in [0, 0.1) is 0 Å². The zero-order valence-electron chi connectivity index (χ0n) is 19.4. The Morgan fingerprint density at radius 2 is 1.03 bits per heavy atom. The average molecular weight is 523 g/mol. The maximum Gasteiger partial charge on any atom is 0.264 e. The van der Waals surface area contributed by atoms with Crippen molar-refractivity contribution in [3.8, 4) is 11.5 Å². The van der Waals surface area contributed by atoms with E-state index < -0.39 is 0 Å². The van der Waals surface area contributed by atoms with Crippen LogP contribution < -0.4 is 10.6 Å². The number of thioether (sulfide) groups is 2. The highest BCUT2D eigenvalue weighted by Crippen LogP contribution is 2.27. The molecule has 2 amide bonds. The monoisotopic (exact) mass is 522 g/mol. The highest BCUT2D eigenvalue weighted by molar-refractivity contribution is 8.19. The van der Waals surface area contributed by atoms with E-state index in [4.69, 9.17) is 0 Å². The molecule has 2 fully saturated rings. The Kier molecular flexibility index (Phi) is 8.85. The van der Waals surface area contributed by atoms with Crippen LogP contribution in [-0.4, -0.2) is 45.5 Å². The number of aromatic hydroxyl groups is 2. The van der Waals surface area contributed by atoms with E-state index in [1.807, 2.05) is 0 Å². The summed E-state index contributed by atoms with van der Waals surface area (Å²) >= 11 is 2.65. The van der Waals surface area contributed by atoms with Crippen molar-refractivity contribution in [2.24, 2.45) is 9.98 Å². The fraction of sp³-hybridized carbons (Fsp3) is 0.231. The molecule has 2 aliphatic heterocycles. The Bertz CT molecular complexity index is 1140. The average Bonchev–Trinajstić information content (AvgIpc) is 3.39. The lowest BCUT2D eigenvalue weighted by atomic mass is 10.2. The number of aliphatic imine (C=N–C) groups is 2. The minimum atomic E-state index is -0.163. The molecule has 0 spiro atoms. The molecule has 0 radical (unpaired) electrons. The number of hydrogen-bond acceptors (Lipinski definition) is 8. The van der Waals surface area contributed by atoms with E-state index in [0.29, 0.717) is 33.2 Å². The van der Waals surface area contributed by atoms with E-state index in [-0.39, 0.29) is 23.3 Å². The van der Waals surface area contributed by atoms with Crippen LogP contribution in [0.1, 0.15) is 36.8 Å². The van der Waals surface area contributed by atoms with Gasteiger partial charge in [-0.15, -0.1) is 0 Å². The molecule has 8 nitrogen and oxygen atoms in total. The van der Waals surface area contributed by atoms with Gasteiger partial charge in [-0.2, -0.15) is 0 Å². The van der Waals surface area contributed by atoms with Crippen LogP contribution in [0.25, 0.3) is 12.2 Å². The Hall–Kier alpha value is -3.50. The van der Waals surface area contributed by atoms with E-state index in [1.165, 1.54) is 23.5 Å². The minimum Gasteiger partial charge on any atom is -0.508 e. The van der Waals surface area contributed by atoms with Crippen molar-refractivity contribution >= 4 is 57.8 Å². The van der Waals surface area contributed by atoms with Crippen molar-refractivity contribution in [2.45, 2.75) is 25.7 Å². The quantitative estimate of drug-likeness (QED) is 0.284. The molecule has 0 saturated carbocycles. The van der Waals surface area contributed by atoms with Crippen LogP contribution in [0.4, 0.5) is 0 Å². The van der Waals surface area contributed by atoms with Crippen molar-refractivity contribution in [2.75, 3.05) is 13.1 Å². The number of amidine groups is 2. The van der Waals surface area contributed by atoms with E-state index in [1.54, 1.807) is 60.7 Å². The molecule has 0 aromatic heterocycles. The summed E-state index contributed by atoms with van der Waals surface area (Å²) in [6.45, 7) is 1.28. The van der Waals surface area contributed by atoms with E-state index in [2.05, 4.69) is 20.6 Å². The number of unbranched alkanes of at least 4 members (excludes halogenated alkanes) is 3. The second kappa shape index (κ2) is 12.5. The predicted octanol–water partition coefficient (Wildman–Crippen LogP) is 4.48. The zero-order chi connectivity index (χ0) is 25.3. The standard InChI is InChI=1S/C26H26N4O4S2/c31-19-9-5-17(6-10-19)15-21-23(33)29-25(35-21)27-13-3-1-2-4-14-28-26-30-24(34)22(36-26)16-18-7-11-20(32)12-8-18/h5-12,15-16,31-32H,1-4,13-14H2,(H,27,29,33)(H,28,30,34)/b21-15-,22-16-. The molecule has 2 aromatic carbocycles.